The zero-order valence-corrected chi connectivity index (χ0v) is 18.2. The summed E-state index contributed by atoms with van der Waals surface area (Å²) in [7, 11) is 1.59. The summed E-state index contributed by atoms with van der Waals surface area (Å²) in [6.07, 6.45) is 3.98. The van der Waals surface area contributed by atoms with Gasteiger partial charge in [0.05, 0.1) is 30.7 Å². The van der Waals surface area contributed by atoms with E-state index in [4.69, 9.17) is 23.4 Å². The minimum Gasteiger partial charge on any atom is -0.472 e. The molecule has 4 fully saturated rings. The Morgan fingerprint density at radius 1 is 1.39 bits per heavy atom. The second-order valence-corrected chi connectivity index (χ2v) is 9.64. The molecule has 8 atom stereocenters. The number of hydrogen-bond donors (Lipinski definition) is 1. The molecule has 2 saturated heterocycles. The van der Waals surface area contributed by atoms with Gasteiger partial charge in [0, 0.05) is 30.9 Å². The fraction of sp³-hybridized carbons (Fsp3) is 0.739. The number of carbonyl (C=O) groups excluding carboxylic acids is 2. The van der Waals surface area contributed by atoms with Crippen molar-refractivity contribution in [1.29, 1.82) is 0 Å². The van der Waals surface area contributed by atoms with Crippen LogP contribution in [0.2, 0.25) is 0 Å². The van der Waals surface area contributed by atoms with Crippen molar-refractivity contribution in [2.45, 2.75) is 63.6 Å². The molecule has 2 saturated carbocycles. The lowest BCUT2D eigenvalue weighted by atomic mass is 9.42. The zero-order chi connectivity index (χ0) is 22.0. The van der Waals surface area contributed by atoms with Crippen molar-refractivity contribution >= 4 is 11.8 Å². The van der Waals surface area contributed by atoms with Crippen LogP contribution in [0.1, 0.15) is 51.2 Å². The van der Waals surface area contributed by atoms with Crippen molar-refractivity contribution in [3.05, 3.63) is 24.2 Å². The van der Waals surface area contributed by atoms with Crippen LogP contribution in [0.3, 0.4) is 0 Å². The highest BCUT2D eigenvalue weighted by molar-refractivity contribution is 5.88. The molecule has 0 radical (unpaired) electrons. The molecule has 0 aromatic carbocycles. The Morgan fingerprint density at radius 3 is 2.77 bits per heavy atom. The fourth-order valence-corrected chi connectivity index (χ4v) is 7.04. The first-order valence-corrected chi connectivity index (χ1v) is 11.0. The molecule has 2 spiro atoms. The molecule has 0 unspecified atom stereocenters. The highest BCUT2D eigenvalue weighted by atomic mass is 16.7. The molecule has 0 bridgehead atoms. The van der Waals surface area contributed by atoms with Crippen LogP contribution >= 0.6 is 0 Å². The number of carbonyl (C=O) groups is 2. The molecule has 1 N–H and O–H groups in total. The largest absolute Gasteiger partial charge is 0.472 e. The van der Waals surface area contributed by atoms with Crippen LogP contribution in [0.25, 0.3) is 0 Å². The van der Waals surface area contributed by atoms with Crippen molar-refractivity contribution in [2.24, 2.45) is 22.7 Å². The summed E-state index contributed by atoms with van der Waals surface area (Å²) in [6.45, 7) is 3.60. The van der Waals surface area contributed by atoms with Crippen LogP contribution in [0.5, 0.6) is 0 Å². The first-order chi connectivity index (χ1) is 14.8. The quantitative estimate of drug-likeness (QED) is 0.569. The number of aliphatic hydroxyl groups is 1. The highest BCUT2D eigenvalue weighted by Gasteiger charge is 2.79. The molecule has 31 heavy (non-hydrogen) atoms. The fourth-order valence-electron chi connectivity index (χ4n) is 7.04. The van der Waals surface area contributed by atoms with Crippen LogP contribution in [-0.2, 0) is 28.5 Å². The third kappa shape index (κ3) is 2.68. The van der Waals surface area contributed by atoms with Crippen molar-refractivity contribution in [3.8, 4) is 0 Å². The first kappa shape index (κ1) is 21.1. The maximum atomic E-state index is 13.6. The lowest BCUT2D eigenvalue weighted by Gasteiger charge is -2.61. The highest BCUT2D eigenvalue weighted by Crippen LogP contribution is 2.71. The van der Waals surface area contributed by atoms with Gasteiger partial charge in [0.25, 0.3) is 0 Å². The molecular formula is C23H30O8. The predicted octanol–water partition coefficient (Wildman–Crippen LogP) is 2.40. The molecular weight excluding hydrogens is 404 g/mol. The smallest absolute Gasteiger partial charge is 0.302 e. The number of Topliss-reactive ketones (excluding diaryl/α,β-unsaturated/α-hetero) is 1. The van der Waals surface area contributed by atoms with E-state index in [1.807, 2.05) is 13.0 Å². The van der Waals surface area contributed by atoms with Crippen LogP contribution in [-0.4, -0.2) is 55.2 Å². The number of ether oxygens (including phenoxy) is 4. The Bertz CT molecular complexity index is 861. The van der Waals surface area contributed by atoms with Gasteiger partial charge in [-0.2, -0.15) is 0 Å². The van der Waals surface area contributed by atoms with E-state index in [9.17, 15) is 14.7 Å². The number of ketones is 1. The molecule has 2 aliphatic heterocycles. The van der Waals surface area contributed by atoms with E-state index >= 15 is 0 Å². The Balaban J connectivity index is 1.65. The molecule has 0 amide bonds. The number of esters is 1. The van der Waals surface area contributed by atoms with E-state index in [0.29, 0.717) is 13.0 Å². The minimum atomic E-state index is -1.27. The van der Waals surface area contributed by atoms with Crippen molar-refractivity contribution in [2.75, 3.05) is 20.3 Å². The average molecular weight is 434 g/mol. The van der Waals surface area contributed by atoms with Gasteiger partial charge in [-0.1, -0.05) is 13.3 Å². The van der Waals surface area contributed by atoms with E-state index in [-0.39, 0.29) is 24.4 Å². The molecule has 8 heteroatoms. The lowest BCUT2D eigenvalue weighted by Crippen LogP contribution is -2.71. The number of hydrogen-bond acceptors (Lipinski definition) is 8. The number of fused-ring (bicyclic) bond motifs is 3. The number of methoxy groups -OCH3 is 1. The lowest BCUT2D eigenvalue weighted by molar-refractivity contribution is -0.255. The van der Waals surface area contributed by atoms with E-state index in [0.717, 1.165) is 24.8 Å². The monoisotopic (exact) mass is 434 g/mol. The topological polar surface area (TPSA) is 108 Å². The van der Waals surface area contributed by atoms with Crippen molar-refractivity contribution < 1.29 is 38.1 Å². The van der Waals surface area contributed by atoms with E-state index in [2.05, 4.69) is 0 Å². The maximum Gasteiger partial charge on any atom is 0.302 e. The second kappa shape index (κ2) is 7.13. The van der Waals surface area contributed by atoms with E-state index in [1.165, 1.54) is 6.92 Å². The Hall–Kier alpha value is -1.74. The Morgan fingerprint density at radius 2 is 2.16 bits per heavy atom. The van der Waals surface area contributed by atoms with Gasteiger partial charge < -0.3 is 28.5 Å². The summed E-state index contributed by atoms with van der Waals surface area (Å²) in [6, 6.07) is 1.86. The minimum absolute atomic E-state index is 0.0544. The van der Waals surface area contributed by atoms with E-state index in [1.54, 1.807) is 19.6 Å². The van der Waals surface area contributed by atoms with Gasteiger partial charge in [-0.15, -0.1) is 0 Å². The van der Waals surface area contributed by atoms with Gasteiger partial charge in [-0.05, 0) is 31.2 Å². The summed E-state index contributed by atoms with van der Waals surface area (Å²) >= 11 is 0. The number of aliphatic hydroxyl groups excluding tert-OH is 1. The normalized spacial score (nSPS) is 46.3. The SMILES string of the molecule is CO[C@H]1O[C@H](c2ccoc2)C[C@]12[C@H]1CCC[C@@]3(CO3)[C@@]1(COC(C)=O)[C@@H](O)C(=O)[C@@H]2C. The molecule has 170 valence electrons. The molecule has 1 aromatic heterocycles. The standard InChI is InChI=1S/C23H30O8/c1-13-18(25)19(26)23(12-29-14(2)24)17(5-4-7-21(23)11-30-21)22(13)9-16(31-20(22)27-3)15-6-8-28-10-15/h6,8,10,13,16-17,19-20,26H,4-5,7,9,11-12H2,1-3H3/t13-,16-,17+,19-,20-,21+,22-,23+/m0/s1. The van der Waals surface area contributed by atoms with Gasteiger partial charge in [-0.25, -0.2) is 0 Å². The van der Waals surface area contributed by atoms with Crippen LogP contribution < -0.4 is 0 Å². The number of epoxide rings is 1. The zero-order valence-electron chi connectivity index (χ0n) is 18.2. The summed E-state index contributed by atoms with van der Waals surface area (Å²) < 4.78 is 29.0. The van der Waals surface area contributed by atoms with Crippen molar-refractivity contribution in [3.63, 3.8) is 0 Å². The predicted molar refractivity (Wildman–Crippen MR) is 106 cm³/mol. The van der Waals surface area contributed by atoms with Crippen LogP contribution in [0.4, 0.5) is 0 Å². The van der Waals surface area contributed by atoms with Crippen molar-refractivity contribution in [1.82, 2.24) is 0 Å². The van der Waals surface area contributed by atoms with Crippen LogP contribution in [0, 0.1) is 22.7 Å². The number of furan rings is 1. The van der Waals surface area contributed by atoms with Gasteiger partial charge in [0.2, 0.25) is 0 Å². The number of rotatable bonds is 4. The summed E-state index contributed by atoms with van der Waals surface area (Å²) in [4.78, 5) is 25.4. The molecule has 5 rings (SSSR count). The average Bonchev–Trinajstić information content (AvgIpc) is 3.18. The summed E-state index contributed by atoms with van der Waals surface area (Å²) in [5, 5.41) is 11.4. The second-order valence-electron chi connectivity index (χ2n) is 9.64. The summed E-state index contributed by atoms with van der Waals surface area (Å²) in [5.74, 6) is -1.38. The Kier molecular flexibility index (Phi) is 4.86. The van der Waals surface area contributed by atoms with Gasteiger partial charge in [0.1, 0.15) is 18.3 Å². The molecule has 8 nitrogen and oxygen atoms in total. The van der Waals surface area contributed by atoms with Gasteiger partial charge in [0.15, 0.2) is 12.1 Å². The summed E-state index contributed by atoms with van der Waals surface area (Å²) in [5.41, 5.74) is -1.48. The third-order valence-electron chi connectivity index (χ3n) is 8.58. The van der Waals surface area contributed by atoms with Gasteiger partial charge in [-0.3, -0.25) is 9.59 Å². The molecule has 4 aliphatic rings. The van der Waals surface area contributed by atoms with Crippen LogP contribution in [0.15, 0.2) is 23.0 Å². The third-order valence-corrected chi connectivity index (χ3v) is 8.58. The Labute approximate surface area is 181 Å². The maximum absolute atomic E-state index is 13.6. The molecule has 2 aliphatic carbocycles. The van der Waals surface area contributed by atoms with Gasteiger partial charge >= 0.3 is 5.97 Å². The first-order valence-electron chi connectivity index (χ1n) is 11.0. The molecule has 1 aromatic rings. The van der Waals surface area contributed by atoms with E-state index < -0.39 is 40.7 Å². The molecule has 3 heterocycles.